The van der Waals surface area contributed by atoms with E-state index in [9.17, 15) is 4.79 Å². The molecule has 0 aliphatic rings. The zero-order chi connectivity index (χ0) is 9.97. The largest absolute Gasteiger partial charge is 0.286 e. The van der Waals surface area contributed by atoms with Crippen LogP contribution >= 0.6 is 11.3 Å². The van der Waals surface area contributed by atoms with Gasteiger partial charge < -0.3 is 0 Å². The van der Waals surface area contributed by atoms with Gasteiger partial charge in [-0.1, -0.05) is 30.3 Å². The summed E-state index contributed by atoms with van der Waals surface area (Å²) in [6.45, 7) is 1.94. The predicted molar refractivity (Wildman–Crippen MR) is 56.7 cm³/mol. The van der Waals surface area contributed by atoms with Gasteiger partial charge in [-0.05, 0) is 6.92 Å². The van der Waals surface area contributed by atoms with Crippen molar-refractivity contribution in [3.05, 3.63) is 52.0 Å². The standard InChI is InChI=1S/C11H9NOS/c1-8-7-12-11(14-8)10(13)9-5-3-2-4-6-9/h2-7H,1H3. The molecule has 70 valence electrons. The normalized spacial score (nSPS) is 10.1. The Balaban J connectivity index is 2.34. The van der Waals surface area contributed by atoms with Gasteiger partial charge in [0.15, 0.2) is 5.01 Å². The Morgan fingerprint density at radius 3 is 2.57 bits per heavy atom. The number of hydrogen-bond donors (Lipinski definition) is 0. The molecule has 0 saturated heterocycles. The van der Waals surface area contributed by atoms with Gasteiger partial charge in [-0.25, -0.2) is 4.98 Å². The van der Waals surface area contributed by atoms with Crippen molar-refractivity contribution in [1.82, 2.24) is 4.98 Å². The summed E-state index contributed by atoms with van der Waals surface area (Å²) < 4.78 is 0. The molecular weight excluding hydrogens is 194 g/mol. The maximum Gasteiger partial charge on any atom is 0.221 e. The van der Waals surface area contributed by atoms with Crippen LogP contribution in [0.2, 0.25) is 0 Å². The number of thiazole rings is 1. The lowest BCUT2D eigenvalue weighted by Gasteiger charge is -1.94. The average Bonchev–Trinajstić information content (AvgIpc) is 2.65. The molecule has 1 aromatic carbocycles. The van der Waals surface area contributed by atoms with Crippen molar-refractivity contribution in [2.75, 3.05) is 0 Å². The maximum absolute atomic E-state index is 11.8. The minimum Gasteiger partial charge on any atom is -0.286 e. The van der Waals surface area contributed by atoms with Crippen molar-refractivity contribution < 1.29 is 4.79 Å². The summed E-state index contributed by atoms with van der Waals surface area (Å²) in [6.07, 6.45) is 1.72. The highest BCUT2D eigenvalue weighted by molar-refractivity contribution is 7.13. The first kappa shape index (κ1) is 9.09. The van der Waals surface area contributed by atoms with Crippen molar-refractivity contribution in [2.45, 2.75) is 6.92 Å². The molecule has 0 spiro atoms. The topological polar surface area (TPSA) is 30.0 Å². The fourth-order valence-corrected chi connectivity index (χ4v) is 1.90. The summed E-state index contributed by atoms with van der Waals surface area (Å²) in [5.41, 5.74) is 0.696. The van der Waals surface area contributed by atoms with Crippen LogP contribution in [0.5, 0.6) is 0 Å². The maximum atomic E-state index is 11.8. The van der Waals surface area contributed by atoms with E-state index in [1.807, 2.05) is 25.1 Å². The third kappa shape index (κ3) is 1.72. The van der Waals surface area contributed by atoms with Gasteiger partial charge in [0.05, 0.1) is 0 Å². The summed E-state index contributed by atoms with van der Waals surface area (Å²) in [6, 6.07) is 9.21. The monoisotopic (exact) mass is 203 g/mol. The van der Waals surface area contributed by atoms with Crippen molar-refractivity contribution >= 4 is 17.1 Å². The number of aromatic nitrogens is 1. The third-order valence-corrected chi connectivity index (χ3v) is 2.76. The smallest absolute Gasteiger partial charge is 0.221 e. The van der Waals surface area contributed by atoms with E-state index in [1.165, 1.54) is 11.3 Å². The van der Waals surface area contributed by atoms with Crippen LogP contribution in [0.25, 0.3) is 0 Å². The molecule has 0 unspecified atom stereocenters. The molecule has 0 aliphatic carbocycles. The zero-order valence-corrected chi connectivity index (χ0v) is 8.54. The van der Waals surface area contributed by atoms with E-state index in [4.69, 9.17) is 0 Å². The molecule has 0 atom stereocenters. The number of carbonyl (C=O) groups is 1. The van der Waals surface area contributed by atoms with Gasteiger partial charge in [0.2, 0.25) is 5.78 Å². The second-order valence-electron chi connectivity index (χ2n) is 2.97. The Bertz CT molecular complexity index is 447. The Morgan fingerprint density at radius 2 is 2.00 bits per heavy atom. The van der Waals surface area contributed by atoms with Crippen LogP contribution in [0.15, 0.2) is 36.5 Å². The molecule has 0 fully saturated rings. The second kappa shape index (κ2) is 3.72. The van der Waals surface area contributed by atoms with E-state index in [2.05, 4.69) is 4.98 Å². The van der Waals surface area contributed by atoms with Gasteiger partial charge in [-0.2, -0.15) is 0 Å². The number of carbonyl (C=O) groups excluding carboxylic acids is 1. The molecule has 0 amide bonds. The molecule has 1 heterocycles. The Labute approximate surface area is 86.2 Å². The van der Waals surface area contributed by atoms with Crippen LogP contribution in [0, 0.1) is 6.92 Å². The van der Waals surface area contributed by atoms with Gasteiger partial charge in [0, 0.05) is 16.6 Å². The van der Waals surface area contributed by atoms with Gasteiger partial charge in [0.1, 0.15) is 0 Å². The molecule has 3 heteroatoms. The third-order valence-electron chi connectivity index (χ3n) is 1.85. The lowest BCUT2D eigenvalue weighted by Crippen LogP contribution is -1.99. The Kier molecular flexibility index (Phi) is 2.41. The van der Waals surface area contributed by atoms with Gasteiger partial charge in [-0.3, -0.25) is 4.79 Å². The molecule has 2 rings (SSSR count). The molecule has 0 radical (unpaired) electrons. The highest BCUT2D eigenvalue weighted by atomic mass is 32.1. The molecular formula is C11H9NOS. The SMILES string of the molecule is Cc1cnc(C(=O)c2ccccc2)s1. The van der Waals surface area contributed by atoms with Gasteiger partial charge in [0.25, 0.3) is 0 Å². The lowest BCUT2D eigenvalue weighted by atomic mass is 10.1. The quantitative estimate of drug-likeness (QED) is 0.702. The zero-order valence-electron chi connectivity index (χ0n) is 7.73. The molecule has 0 aliphatic heterocycles. The predicted octanol–water partition coefficient (Wildman–Crippen LogP) is 2.68. The molecule has 1 aromatic heterocycles. The summed E-state index contributed by atoms with van der Waals surface area (Å²) in [4.78, 5) is 16.9. The van der Waals surface area contributed by atoms with E-state index in [0.29, 0.717) is 10.6 Å². The highest BCUT2D eigenvalue weighted by Crippen LogP contribution is 2.15. The minimum atomic E-state index is 0.00343. The fourth-order valence-electron chi connectivity index (χ4n) is 1.17. The van der Waals surface area contributed by atoms with Crippen molar-refractivity contribution in [2.24, 2.45) is 0 Å². The second-order valence-corrected chi connectivity index (χ2v) is 4.21. The van der Waals surface area contributed by atoms with Crippen LogP contribution in [0.1, 0.15) is 20.2 Å². The van der Waals surface area contributed by atoms with Crippen LogP contribution < -0.4 is 0 Å². The van der Waals surface area contributed by atoms with Crippen molar-refractivity contribution in [1.29, 1.82) is 0 Å². The number of benzene rings is 1. The molecule has 0 N–H and O–H groups in total. The van der Waals surface area contributed by atoms with Crippen molar-refractivity contribution in [3.8, 4) is 0 Å². The van der Waals surface area contributed by atoms with Crippen molar-refractivity contribution in [3.63, 3.8) is 0 Å². The van der Waals surface area contributed by atoms with E-state index < -0.39 is 0 Å². The molecule has 2 nitrogen and oxygen atoms in total. The minimum absolute atomic E-state index is 0.00343. The molecule has 0 saturated carbocycles. The number of nitrogens with zero attached hydrogens (tertiary/aromatic N) is 1. The van der Waals surface area contributed by atoms with Crippen LogP contribution in [-0.2, 0) is 0 Å². The number of rotatable bonds is 2. The number of aryl methyl sites for hydroxylation is 1. The van der Waals surface area contributed by atoms with E-state index in [1.54, 1.807) is 18.3 Å². The summed E-state index contributed by atoms with van der Waals surface area (Å²) in [7, 11) is 0. The van der Waals surface area contributed by atoms with E-state index >= 15 is 0 Å². The summed E-state index contributed by atoms with van der Waals surface area (Å²) in [5.74, 6) is 0.00343. The number of hydrogen-bond acceptors (Lipinski definition) is 3. The van der Waals surface area contributed by atoms with Crippen LogP contribution in [0.4, 0.5) is 0 Å². The first-order chi connectivity index (χ1) is 6.77. The first-order valence-corrected chi connectivity index (χ1v) is 5.11. The fraction of sp³-hybridized carbons (Fsp3) is 0.0909. The van der Waals surface area contributed by atoms with E-state index in [0.717, 1.165) is 4.88 Å². The Morgan fingerprint density at radius 1 is 1.29 bits per heavy atom. The van der Waals surface area contributed by atoms with Gasteiger partial charge in [-0.15, -0.1) is 11.3 Å². The highest BCUT2D eigenvalue weighted by Gasteiger charge is 2.11. The lowest BCUT2D eigenvalue weighted by molar-refractivity contribution is 0.103. The number of ketones is 1. The summed E-state index contributed by atoms with van der Waals surface area (Å²) in [5, 5.41) is 0.564. The van der Waals surface area contributed by atoms with Crippen LogP contribution in [0.3, 0.4) is 0 Å². The Hall–Kier alpha value is -1.48. The molecule has 0 bridgehead atoms. The van der Waals surface area contributed by atoms with Crippen LogP contribution in [-0.4, -0.2) is 10.8 Å². The van der Waals surface area contributed by atoms with Gasteiger partial charge >= 0.3 is 0 Å². The molecule has 14 heavy (non-hydrogen) atoms. The summed E-state index contributed by atoms with van der Waals surface area (Å²) >= 11 is 1.43. The first-order valence-electron chi connectivity index (χ1n) is 4.29. The molecule has 2 aromatic rings. The van der Waals surface area contributed by atoms with E-state index in [-0.39, 0.29) is 5.78 Å². The average molecular weight is 203 g/mol.